The van der Waals surface area contributed by atoms with Crippen molar-refractivity contribution in [3.63, 3.8) is 0 Å². The highest BCUT2D eigenvalue weighted by Gasteiger charge is 2.08. The summed E-state index contributed by atoms with van der Waals surface area (Å²) in [7, 11) is 0. The van der Waals surface area contributed by atoms with E-state index in [0.29, 0.717) is 25.9 Å². The summed E-state index contributed by atoms with van der Waals surface area (Å²) >= 11 is 0. The zero-order chi connectivity index (χ0) is 18.9. The maximum atomic E-state index is 12.1. The Kier molecular flexibility index (Phi) is 7.36. The van der Waals surface area contributed by atoms with Crippen LogP contribution >= 0.6 is 0 Å². The van der Waals surface area contributed by atoms with E-state index in [1.807, 2.05) is 43.3 Å². The minimum atomic E-state index is -0.328. The number of hydrogen-bond donors (Lipinski definition) is 3. The smallest absolute Gasteiger partial charge is 0.221 e. The van der Waals surface area contributed by atoms with Crippen LogP contribution < -0.4 is 16.8 Å². The second kappa shape index (κ2) is 9.73. The van der Waals surface area contributed by atoms with Gasteiger partial charge >= 0.3 is 0 Å². The zero-order valence-corrected chi connectivity index (χ0v) is 15.3. The molecule has 5 N–H and O–H groups in total. The molecule has 0 bridgehead atoms. The number of primary amides is 1. The molecule has 2 aromatic carbocycles. The molecule has 0 aliphatic rings. The highest BCUT2D eigenvalue weighted by atomic mass is 16.1. The molecule has 0 radical (unpaired) electrons. The summed E-state index contributed by atoms with van der Waals surface area (Å²) in [6.07, 6.45) is 2.18. The lowest BCUT2D eigenvalue weighted by atomic mass is 9.97. The van der Waals surface area contributed by atoms with Gasteiger partial charge in [-0.05, 0) is 40.7 Å². The Bertz CT molecular complexity index is 772. The summed E-state index contributed by atoms with van der Waals surface area (Å²) < 4.78 is 0. The summed E-state index contributed by atoms with van der Waals surface area (Å²) in [6.45, 7) is 3.05. The first-order valence-electron chi connectivity index (χ1n) is 8.95. The van der Waals surface area contributed by atoms with E-state index in [0.717, 1.165) is 34.2 Å². The van der Waals surface area contributed by atoms with Gasteiger partial charge in [0.25, 0.3) is 0 Å². The van der Waals surface area contributed by atoms with Crippen LogP contribution in [0.15, 0.2) is 42.5 Å². The Balaban J connectivity index is 1.87. The molecular formula is C21H27N3O2. The van der Waals surface area contributed by atoms with Gasteiger partial charge in [0.05, 0.1) is 6.42 Å². The molecule has 5 heteroatoms. The first kappa shape index (κ1) is 19.7. The van der Waals surface area contributed by atoms with Crippen LogP contribution in [0.4, 0.5) is 0 Å². The molecule has 26 heavy (non-hydrogen) atoms. The SMILES string of the molecule is CCc1cc(CCC(=O)NCc2cccc(CN)c2)ccc1CC(N)=O. The largest absolute Gasteiger partial charge is 0.369 e. The zero-order valence-electron chi connectivity index (χ0n) is 15.3. The van der Waals surface area contributed by atoms with Crippen molar-refractivity contribution in [1.29, 1.82) is 0 Å². The van der Waals surface area contributed by atoms with Crippen molar-refractivity contribution in [1.82, 2.24) is 5.32 Å². The number of aryl methyl sites for hydroxylation is 2. The van der Waals surface area contributed by atoms with Crippen molar-refractivity contribution in [3.05, 3.63) is 70.3 Å². The third-order valence-corrected chi connectivity index (χ3v) is 4.37. The van der Waals surface area contributed by atoms with Crippen molar-refractivity contribution in [2.75, 3.05) is 0 Å². The minimum Gasteiger partial charge on any atom is -0.369 e. The van der Waals surface area contributed by atoms with Crippen molar-refractivity contribution in [2.24, 2.45) is 11.5 Å². The van der Waals surface area contributed by atoms with E-state index in [1.54, 1.807) is 0 Å². The molecular weight excluding hydrogens is 326 g/mol. The van der Waals surface area contributed by atoms with Gasteiger partial charge in [0.1, 0.15) is 0 Å². The van der Waals surface area contributed by atoms with Crippen LogP contribution in [-0.2, 0) is 41.9 Å². The molecule has 0 saturated carbocycles. The third-order valence-electron chi connectivity index (χ3n) is 4.37. The van der Waals surface area contributed by atoms with E-state index in [2.05, 4.69) is 11.4 Å². The van der Waals surface area contributed by atoms with Crippen molar-refractivity contribution < 1.29 is 9.59 Å². The lowest BCUT2D eigenvalue weighted by molar-refractivity contribution is -0.121. The Hall–Kier alpha value is -2.66. The van der Waals surface area contributed by atoms with Crippen LogP contribution in [-0.4, -0.2) is 11.8 Å². The Morgan fingerprint density at radius 1 is 1.00 bits per heavy atom. The van der Waals surface area contributed by atoms with E-state index >= 15 is 0 Å². The van der Waals surface area contributed by atoms with Gasteiger partial charge in [0, 0.05) is 19.5 Å². The molecule has 0 aliphatic heterocycles. The molecule has 2 aromatic rings. The quantitative estimate of drug-likeness (QED) is 0.643. The van der Waals surface area contributed by atoms with Crippen molar-refractivity contribution in [2.45, 2.75) is 45.7 Å². The fourth-order valence-electron chi connectivity index (χ4n) is 2.94. The Morgan fingerprint density at radius 2 is 1.77 bits per heavy atom. The first-order chi connectivity index (χ1) is 12.5. The first-order valence-corrected chi connectivity index (χ1v) is 8.95. The molecule has 138 valence electrons. The van der Waals surface area contributed by atoms with Gasteiger partial charge in [-0.15, -0.1) is 0 Å². The lowest BCUT2D eigenvalue weighted by Gasteiger charge is -2.10. The summed E-state index contributed by atoms with van der Waals surface area (Å²) in [6, 6.07) is 13.9. The highest BCUT2D eigenvalue weighted by Crippen LogP contribution is 2.15. The van der Waals surface area contributed by atoms with Crippen LogP contribution in [0.25, 0.3) is 0 Å². The van der Waals surface area contributed by atoms with Crippen LogP contribution in [0.2, 0.25) is 0 Å². The maximum absolute atomic E-state index is 12.1. The van der Waals surface area contributed by atoms with Gasteiger partial charge in [0.15, 0.2) is 0 Å². The average molecular weight is 353 g/mol. The van der Waals surface area contributed by atoms with Crippen molar-refractivity contribution >= 4 is 11.8 Å². The van der Waals surface area contributed by atoms with Gasteiger partial charge in [0.2, 0.25) is 11.8 Å². The van der Waals surface area contributed by atoms with Crippen molar-refractivity contribution in [3.8, 4) is 0 Å². The fourth-order valence-corrected chi connectivity index (χ4v) is 2.94. The second-order valence-electron chi connectivity index (χ2n) is 6.40. The predicted octanol–water partition coefficient (Wildman–Crippen LogP) is 1.98. The number of rotatable bonds is 9. The molecule has 5 nitrogen and oxygen atoms in total. The molecule has 2 amide bonds. The average Bonchev–Trinajstić information content (AvgIpc) is 2.65. The predicted molar refractivity (Wildman–Crippen MR) is 103 cm³/mol. The molecule has 0 unspecified atom stereocenters. The van der Waals surface area contributed by atoms with E-state index in [-0.39, 0.29) is 18.2 Å². The number of nitrogens with one attached hydrogen (secondary N) is 1. The summed E-state index contributed by atoms with van der Waals surface area (Å²) in [4.78, 5) is 23.2. The minimum absolute atomic E-state index is 0.0161. The van der Waals surface area contributed by atoms with Gasteiger partial charge in [-0.3, -0.25) is 9.59 Å². The summed E-state index contributed by atoms with van der Waals surface area (Å²) in [5, 5.41) is 2.95. The number of nitrogens with two attached hydrogens (primary N) is 2. The van der Waals surface area contributed by atoms with E-state index < -0.39 is 0 Å². The van der Waals surface area contributed by atoms with E-state index in [9.17, 15) is 9.59 Å². The number of benzene rings is 2. The van der Waals surface area contributed by atoms with E-state index in [4.69, 9.17) is 11.5 Å². The van der Waals surface area contributed by atoms with Gasteiger partial charge in [-0.1, -0.05) is 49.4 Å². The number of hydrogen-bond acceptors (Lipinski definition) is 3. The molecule has 0 aliphatic carbocycles. The normalized spacial score (nSPS) is 10.5. The maximum Gasteiger partial charge on any atom is 0.221 e. The summed E-state index contributed by atoms with van der Waals surface area (Å²) in [5.41, 5.74) is 16.2. The number of amides is 2. The Morgan fingerprint density at radius 3 is 2.46 bits per heavy atom. The van der Waals surface area contributed by atoms with Crippen LogP contribution in [0.1, 0.15) is 41.2 Å². The van der Waals surface area contributed by atoms with Crippen LogP contribution in [0, 0.1) is 0 Å². The van der Waals surface area contributed by atoms with Crippen LogP contribution in [0.3, 0.4) is 0 Å². The number of carbonyl (C=O) groups excluding carboxylic acids is 2. The van der Waals surface area contributed by atoms with E-state index in [1.165, 1.54) is 0 Å². The summed E-state index contributed by atoms with van der Waals surface area (Å²) in [5.74, 6) is -0.312. The van der Waals surface area contributed by atoms with Gasteiger partial charge in [-0.2, -0.15) is 0 Å². The molecule has 0 atom stereocenters. The molecule has 0 saturated heterocycles. The highest BCUT2D eigenvalue weighted by molar-refractivity contribution is 5.77. The fraction of sp³-hybridized carbons (Fsp3) is 0.333. The Labute approximate surface area is 154 Å². The molecule has 0 aromatic heterocycles. The molecule has 2 rings (SSSR count). The van der Waals surface area contributed by atoms with Gasteiger partial charge in [-0.25, -0.2) is 0 Å². The standard InChI is InChI=1S/C21H27N3O2/c1-2-18-11-15(6-8-19(18)12-20(23)25)7-9-21(26)24-14-17-5-3-4-16(10-17)13-22/h3-6,8,10-11H,2,7,9,12-14,22H2,1H3,(H2,23,25)(H,24,26). The monoisotopic (exact) mass is 353 g/mol. The third kappa shape index (κ3) is 6.01. The molecule has 0 spiro atoms. The van der Waals surface area contributed by atoms with Crippen LogP contribution in [0.5, 0.6) is 0 Å². The lowest BCUT2D eigenvalue weighted by Crippen LogP contribution is -2.23. The van der Waals surface area contributed by atoms with Gasteiger partial charge < -0.3 is 16.8 Å². The molecule has 0 fully saturated rings. The number of carbonyl (C=O) groups is 2. The second-order valence-corrected chi connectivity index (χ2v) is 6.40. The molecule has 0 heterocycles. The topological polar surface area (TPSA) is 98.2 Å².